The fraction of sp³-hybridized carbons (Fsp3) is 0.235. The number of rotatable bonds is 5. The van der Waals surface area contributed by atoms with Crippen LogP contribution in [-0.4, -0.2) is 29.6 Å². The first kappa shape index (κ1) is 16.9. The summed E-state index contributed by atoms with van der Waals surface area (Å²) in [6.07, 6.45) is 2.55. The Morgan fingerprint density at radius 1 is 1.20 bits per heavy atom. The summed E-state index contributed by atoms with van der Waals surface area (Å²) in [5, 5.41) is 17.0. The average molecular weight is 355 g/mol. The van der Waals surface area contributed by atoms with Crippen molar-refractivity contribution in [3.8, 4) is 6.07 Å². The number of nitriles is 1. The first-order valence-electron chi connectivity index (χ1n) is 7.78. The molecule has 0 aliphatic carbocycles. The molecule has 0 aliphatic rings. The molecule has 0 amide bonds. The summed E-state index contributed by atoms with van der Waals surface area (Å²) in [6.45, 7) is 3.47. The molecule has 0 aliphatic heterocycles. The van der Waals surface area contributed by atoms with Gasteiger partial charge in [-0.25, -0.2) is 8.42 Å². The number of pyridine rings is 1. The molecule has 0 atom stereocenters. The van der Waals surface area contributed by atoms with Gasteiger partial charge in [-0.05, 0) is 43.2 Å². The van der Waals surface area contributed by atoms with Crippen molar-refractivity contribution in [3.63, 3.8) is 0 Å². The first-order chi connectivity index (χ1) is 12.0. The van der Waals surface area contributed by atoms with Crippen molar-refractivity contribution in [3.05, 3.63) is 54.0 Å². The van der Waals surface area contributed by atoms with Gasteiger partial charge in [-0.15, -0.1) is 10.2 Å². The van der Waals surface area contributed by atoms with Crippen LogP contribution < -0.4 is 4.31 Å². The minimum atomic E-state index is -3.96. The van der Waals surface area contributed by atoms with E-state index in [4.69, 9.17) is 5.26 Å². The van der Waals surface area contributed by atoms with E-state index in [0.29, 0.717) is 11.5 Å². The van der Waals surface area contributed by atoms with E-state index in [1.54, 1.807) is 35.7 Å². The molecule has 0 saturated heterocycles. The van der Waals surface area contributed by atoms with Crippen LogP contribution in [0.2, 0.25) is 0 Å². The highest BCUT2D eigenvalue weighted by atomic mass is 32.2. The van der Waals surface area contributed by atoms with Gasteiger partial charge in [-0.1, -0.05) is 19.1 Å². The Hall–Kier alpha value is -2.92. The fourth-order valence-corrected chi connectivity index (χ4v) is 4.09. The normalized spacial score (nSPS) is 11.4. The van der Waals surface area contributed by atoms with Crippen molar-refractivity contribution in [2.45, 2.75) is 25.2 Å². The molecule has 2 aromatic heterocycles. The molecular formula is C17H17N5O2S. The molecule has 1 aromatic carbocycles. The highest BCUT2D eigenvalue weighted by Crippen LogP contribution is 2.26. The predicted molar refractivity (Wildman–Crippen MR) is 93.7 cm³/mol. The van der Waals surface area contributed by atoms with Crippen LogP contribution in [0.4, 0.5) is 5.69 Å². The van der Waals surface area contributed by atoms with Crippen molar-refractivity contribution >= 4 is 21.4 Å². The van der Waals surface area contributed by atoms with E-state index in [0.717, 1.165) is 16.3 Å². The summed E-state index contributed by atoms with van der Waals surface area (Å²) in [7, 11) is -3.96. The Bertz CT molecular complexity index is 1050. The SMILES string of the molecule is CCc1ccc(N(CC#N)S(=O)(=O)c2cccn3c(C)nnc23)cc1. The Morgan fingerprint density at radius 3 is 2.56 bits per heavy atom. The van der Waals surface area contributed by atoms with Gasteiger partial charge in [0.05, 0.1) is 11.8 Å². The third kappa shape index (κ3) is 2.94. The van der Waals surface area contributed by atoms with Gasteiger partial charge in [0.25, 0.3) is 10.0 Å². The number of sulfonamides is 1. The molecule has 0 saturated carbocycles. The number of benzene rings is 1. The molecule has 8 heteroatoms. The van der Waals surface area contributed by atoms with Crippen LogP contribution in [0.1, 0.15) is 18.3 Å². The van der Waals surface area contributed by atoms with Gasteiger partial charge < -0.3 is 0 Å². The lowest BCUT2D eigenvalue weighted by Crippen LogP contribution is -2.31. The smallest absolute Gasteiger partial charge is 0.269 e. The third-order valence-electron chi connectivity index (χ3n) is 3.98. The van der Waals surface area contributed by atoms with E-state index in [1.807, 2.05) is 25.1 Å². The zero-order valence-corrected chi connectivity index (χ0v) is 14.7. The Labute approximate surface area is 146 Å². The Morgan fingerprint density at radius 2 is 1.92 bits per heavy atom. The van der Waals surface area contributed by atoms with Gasteiger partial charge >= 0.3 is 0 Å². The molecule has 0 unspecified atom stereocenters. The molecule has 0 N–H and O–H groups in total. The van der Waals surface area contributed by atoms with E-state index in [-0.39, 0.29) is 17.1 Å². The van der Waals surface area contributed by atoms with E-state index >= 15 is 0 Å². The standard InChI is InChI=1S/C17H17N5O2S/c1-3-14-6-8-15(9-7-14)22(12-10-18)25(23,24)16-5-4-11-21-13(2)19-20-17(16)21/h4-9,11H,3,12H2,1-2H3. The van der Waals surface area contributed by atoms with E-state index in [1.165, 1.54) is 6.07 Å². The van der Waals surface area contributed by atoms with Crippen LogP contribution in [0.25, 0.3) is 5.65 Å². The molecule has 128 valence electrons. The zero-order valence-electron chi connectivity index (χ0n) is 13.9. The lowest BCUT2D eigenvalue weighted by Gasteiger charge is -2.22. The van der Waals surface area contributed by atoms with Crippen molar-refractivity contribution in [2.24, 2.45) is 0 Å². The quantitative estimate of drug-likeness (QED) is 0.655. The lowest BCUT2D eigenvalue weighted by molar-refractivity contribution is 0.593. The summed E-state index contributed by atoms with van der Waals surface area (Å²) < 4.78 is 29.1. The molecule has 3 aromatic rings. The molecule has 0 fully saturated rings. The number of hydrogen-bond donors (Lipinski definition) is 0. The second-order valence-electron chi connectivity index (χ2n) is 5.50. The van der Waals surface area contributed by atoms with Gasteiger partial charge in [0.2, 0.25) is 0 Å². The van der Waals surface area contributed by atoms with Gasteiger partial charge in [-0.2, -0.15) is 5.26 Å². The molecule has 25 heavy (non-hydrogen) atoms. The van der Waals surface area contributed by atoms with Gasteiger partial charge in [0, 0.05) is 6.20 Å². The Kier molecular flexibility index (Phi) is 4.42. The number of fused-ring (bicyclic) bond motifs is 1. The zero-order chi connectivity index (χ0) is 18.0. The number of aryl methyl sites for hydroxylation is 2. The van der Waals surface area contributed by atoms with Gasteiger partial charge in [-0.3, -0.25) is 8.71 Å². The van der Waals surface area contributed by atoms with Crippen molar-refractivity contribution in [1.29, 1.82) is 5.26 Å². The molecule has 7 nitrogen and oxygen atoms in total. The Balaban J connectivity index is 2.15. The number of aromatic nitrogens is 3. The van der Waals surface area contributed by atoms with Gasteiger partial charge in [0.1, 0.15) is 17.3 Å². The van der Waals surface area contributed by atoms with Crippen LogP contribution >= 0.6 is 0 Å². The molecule has 2 heterocycles. The highest BCUT2D eigenvalue weighted by Gasteiger charge is 2.28. The van der Waals surface area contributed by atoms with Gasteiger partial charge in [0.15, 0.2) is 5.65 Å². The maximum Gasteiger partial charge on any atom is 0.269 e. The molecule has 0 radical (unpaired) electrons. The largest absolute Gasteiger partial charge is 0.286 e. The molecule has 0 spiro atoms. The van der Waals surface area contributed by atoms with Crippen LogP contribution in [-0.2, 0) is 16.4 Å². The van der Waals surface area contributed by atoms with E-state index < -0.39 is 10.0 Å². The number of hydrogen-bond acceptors (Lipinski definition) is 5. The summed E-state index contributed by atoms with van der Waals surface area (Å²) in [5.74, 6) is 0.589. The maximum absolute atomic E-state index is 13.2. The number of nitrogens with zero attached hydrogens (tertiary/aromatic N) is 5. The summed E-state index contributed by atoms with van der Waals surface area (Å²) >= 11 is 0. The minimum absolute atomic E-state index is 0.0189. The number of anilines is 1. The predicted octanol–water partition coefficient (Wildman–Crippen LogP) is 2.32. The second-order valence-corrected chi connectivity index (χ2v) is 7.33. The fourth-order valence-electron chi connectivity index (χ4n) is 2.60. The summed E-state index contributed by atoms with van der Waals surface area (Å²) in [4.78, 5) is 0.0189. The van der Waals surface area contributed by atoms with Crippen LogP contribution in [0.5, 0.6) is 0 Å². The molecular weight excluding hydrogens is 338 g/mol. The average Bonchev–Trinajstić information content (AvgIpc) is 3.01. The maximum atomic E-state index is 13.2. The summed E-state index contributed by atoms with van der Waals surface area (Å²) in [5.41, 5.74) is 1.78. The lowest BCUT2D eigenvalue weighted by atomic mass is 10.1. The van der Waals surface area contributed by atoms with Crippen LogP contribution in [0, 0.1) is 18.3 Å². The highest BCUT2D eigenvalue weighted by molar-refractivity contribution is 7.93. The molecule has 0 bridgehead atoms. The first-order valence-corrected chi connectivity index (χ1v) is 9.22. The minimum Gasteiger partial charge on any atom is -0.286 e. The second kappa shape index (κ2) is 6.53. The van der Waals surface area contributed by atoms with Crippen molar-refractivity contribution in [2.75, 3.05) is 10.8 Å². The molecule has 3 rings (SSSR count). The monoisotopic (exact) mass is 355 g/mol. The van der Waals surface area contributed by atoms with Crippen molar-refractivity contribution < 1.29 is 8.42 Å². The van der Waals surface area contributed by atoms with Crippen LogP contribution in [0.3, 0.4) is 0 Å². The van der Waals surface area contributed by atoms with E-state index in [2.05, 4.69) is 10.2 Å². The topological polar surface area (TPSA) is 91.4 Å². The summed E-state index contributed by atoms with van der Waals surface area (Å²) in [6, 6.07) is 12.2. The third-order valence-corrected chi connectivity index (χ3v) is 5.78. The van der Waals surface area contributed by atoms with Crippen LogP contribution in [0.15, 0.2) is 47.5 Å². The van der Waals surface area contributed by atoms with E-state index in [9.17, 15) is 8.42 Å². The van der Waals surface area contributed by atoms with Crippen molar-refractivity contribution in [1.82, 2.24) is 14.6 Å².